The van der Waals surface area contributed by atoms with E-state index in [-0.39, 0.29) is 11.8 Å². The predicted octanol–water partition coefficient (Wildman–Crippen LogP) is 4.35. The number of amides is 1. The lowest BCUT2D eigenvalue weighted by Gasteiger charge is -2.12. The minimum atomic E-state index is -2.99. The predicted molar refractivity (Wildman–Crippen MR) is 102 cm³/mol. The van der Waals surface area contributed by atoms with Crippen LogP contribution in [-0.4, -0.2) is 29.5 Å². The average Bonchev–Trinajstić information content (AvgIpc) is 2.68. The minimum absolute atomic E-state index is 0.172. The van der Waals surface area contributed by atoms with Crippen molar-refractivity contribution in [2.24, 2.45) is 0 Å². The average molecular weight is 404 g/mol. The van der Waals surface area contributed by atoms with Gasteiger partial charge in [-0.3, -0.25) is 9.78 Å². The zero-order chi connectivity index (χ0) is 20.1. The molecule has 2 heterocycles. The van der Waals surface area contributed by atoms with Gasteiger partial charge in [-0.2, -0.15) is 8.78 Å². The fourth-order valence-electron chi connectivity index (χ4n) is 2.66. The van der Waals surface area contributed by atoms with Crippen molar-refractivity contribution in [2.75, 3.05) is 7.05 Å². The van der Waals surface area contributed by atoms with E-state index >= 15 is 0 Å². The second-order valence-corrected chi connectivity index (χ2v) is 6.33. The molecular formula is C20H16ClF2N3O2. The number of hydrogen-bond donors (Lipinski definition) is 1. The molecule has 1 aromatic carbocycles. The number of nitrogens with one attached hydrogen (secondary N) is 1. The minimum Gasteiger partial charge on any atom is -0.416 e. The SMILES string of the molecule is CNC(=O)c1ccc(Cc2cnc(OC(F)F)c(-c3cccc(Cl)c3)c2)cn1. The molecule has 28 heavy (non-hydrogen) atoms. The summed E-state index contributed by atoms with van der Waals surface area (Å²) in [6.07, 6.45) is 3.52. The molecule has 5 nitrogen and oxygen atoms in total. The van der Waals surface area contributed by atoms with E-state index in [4.69, 9.17) is 11.6 Å². The number of pyridine rings is 2. The summed E-state index contributed by atoms with van der Waals surface area (Å²) in [6.45, 7) is -2.99. The molecule has 8 heteroatoms. The van der Waals surface area contributed by atoms with Crippen LogP contribution >= 0.6 is 11.6 Å². The Morgan fingerprint density at radius 1 is 1.14 bits per heavy atom. The molecule has 1 N–H and O–H groups in total. The summed E-state index contributed by atoms with van der Waals surface area (Å²) >= 11 is 6.02. The third-order valence-corrected chi connectivity index (χ3v) is 4.17. The van der Waals surface area contributed by atoms with Crippen molar-refractivity contribution in [2.45, 2.75) is 13.0 Å². The number of ether oxygens (including phenoxy) is 1. The van der Waals surface area contributed by atoms with Crippen LogP contribution < -0.4 is 10.1 Å². The van der Waals surface area contributed by atoms with Gasteiger partial charge in [0.15, 0.2) is 0 Å². The molecule has 2 aromatic heterocycles. The smallest absolute Gasteiger partial charge is 0.388 e. The van der Waals surface area contributed by atoms with Crippen molar-refractivity contribution in [1.29, 1.82) is 0 Å². The molecule has 0 radical (unpaired) electrons. The zero-order valence-corrected chi connectivity index (χ0v) is 15.6. The first-order valence-electron chi connectivity index (χ1n) is 8.33. The fourth-order valence-corrected chi connectivity index (χ4v) is 2.85. The van der Waals surface area contributed by atoms with Gasteiger partial charge in [0.1, 0.15) is 5.69 Å². The van der Waals surface area contributed by atoms with Crippen molar-refractivity contribution < 1.29 is 18.3 Å². The zero-order valence-electron chi connectivity index (χ0n) is 14.8. The number of carbonyl (C=O) groups is 1. The highest BCUT2D eigenvalue weighted by molar-refractivity contribution is 6.30. The Bertz CT molecular complexity index is 981. The number of nitrogens with zero attached hydrogens (tertiary/aromatic N) is 2. The Morgan fingerprint density at radius 3 is 2.57 bits per heavy atom. The first-order chi connectivity index (χ1) is 13.5. The molecule has 0 aliphatic rings. The van der Waals surface area contributed by atoms with E-state index < -0.39 is 6.61 Å². The normalized spacial score (nSPS) is 10.8. The molecular weight excluding hydrogens is 388 g/mol. The molecule has 0 unspecified atom stereocenters. The van der Waals surface area contributed by atoms with E-state index in [0.717, 1.165) is 11.1 Å². The second-order valence-electron chi connectivity index (χ2n) is 5.89. The maximum absolute atomic E-state index is 12.7. The molecule has 0 atom stereocenters. The fraction of sp³-hybridized carbons (Fsp3) is 0.150. The van der Waals surface area contributed by atoms with Crippen LogP contribution in [0.2, 0.25) is 5.02 Å². The lowest BCUT2D eigenvalue weighted by molar-refractivity contribution is -0.0524. The molecule has 0 spiro atoms. The summed E-state index contributed by atoms with van der Waals surface area (Å²) in [5.41, 5.74) is 2.95. The number of halogens is 3. The van der Waals surface area contributed by atoms with Crippen LogP contribution in [0.1, 0.15) is 21.6 Å². The number of alkyl halides is 2. The third kappa shape index (κ3) is 4.80. The topological polar surface area (TPSA) is 64.1 Å². The number of benzene rings is 1. The van der Waals surface area contributed by atoms with Gasteiger partial charge in [-0.15, -0.1) is 0 Å². The number of rotatable bonds is 6. The molecule has 0 aliphatic heterocycles. The summed E-state index contributed by atoms with van der Waals surface area (Å²) in [5, 5.41) is 2.98. The van der Waals surface area contributed by atoms with Gasteiger partial charge >= 0.3 is 6.61 Å². The van der Waals surface area contributed by atoms with Gasteiger partial charge in [-0.1, -0.05) is 29.8 Å². The van der Waals surface area contributed by atoms with Gasteiger partial charge in [-0.05, 0) is 41.0 Å². The Morgan fingerprint density at radius 2 is 1.93 bits per heavy atom. The van der Waals surface area contributed by atoms with Gasteiger partial charge in [0.25, 0.3) is 5.91 Å². The van der Waals surface area contributed by atoms with Crippen LogP contribution in [0, 0.1) is 0 Å². The summed E-state index contributed by atoms with van der Waals surface area (Å²) in [4.78, 5) is 19.7. The van der Waals surface area contributed by atoms with Crippen LogP contribution in [-0.2, 0) is 6.42 Å². The first-order valence-corrected chi connectivity index (χ1v) is 8.70. The van der Waals surface area contributed by atoms with Gasteiger partial charge in [0, 0.05) is 36.4 Å². The van der Waals surface area contributed by atoms with Crippen LogP contribution in [0.3, 0.4) is 0 Å². The molecule has 0 saturated carbocycles. The second kappa shape index (κ2) is 8.75. The van der Waals surface area contributed by atoms with Crippen molar-refractivity contribution in [3.05, 3.63) is 76.7 Å². The highest BCUT2D eigenvalue weighted by Crippen LogP contribution is 2.32. The van der Waals surface area contributed by atoms with E-state index in [1.807, 2.05) is 0 Å². The highest BCUT2D eigenvalue weighted by Gasteiger charge is 2.15. The quantitative estimate of drug-likeness (QED) is 0.664. The summed E-state index contributed by atoms with van der Waals surface area (Å²) < 4.78 is 30.0. The first kappa shape index (κ1) is 19.7. The molecule has 0 bridgehead atoms. The molecule has 0 aliphatic carbocycles. The van der Waals surface area contributed by atoms with Crippen LogP contribution in [0.4, 0.5) is 8.78 Å². The van der Waals surface area contributed by atoms with E-state index in [1.54, 1.807) is 48.7 Å². The van der Waals surface area contributed by atoms with Gasteiger partial charge < -0.3 is 10.1 Å². The molecule has 0 fully saturated rings. The van der Waals surface area contributed by atoms with Crippen molar-refractivity contribution >= 4 is 17.5 Å². The Kier molecular flexibility index (Phi) is 6.16. The van der Waals surface area contributed by atoms with E-state index in [9.17, 15) is 13.6 Å². The molecule has 3 rings (SSSR count). The maximum atomic E-state index is 12.7. The van der Waals surface area contributed by atoms with Crippen molar-refractivity contribution in [1.82, 2.24) is 15.3 Å². The van der Waals surface area contributed by atoms with Gasteiger partial charge in [0.2, 0.25) is 5.88 Å². The van der Waals surface area contributed by atoms with Crippen LogP contribution in [0.5, 0.6) is 5.88 Å². The van der Waals surface area contributed by atoms with E-state index in [0.29, 0.717) is 28.3 Å². The summed E-state index contributed by atoms with van der Waals surface area (Å²) in [5.74, 6) is -0.445. The van der Waals surface area contributed by atoms with Gasteiger partial charge in [0.05, 0.1) is 0 Å². The largest absolute Gasteiger partial charge is 0.416 e. The summed E-state index contributed by atoms with van der Waals surface area (Å²) in [6, 6.07) is 11.9. The monoisotopic (exact) mass is 403 g/mol. The lowest BCUT2D eigenvalue weighted by atomic mass is 10.0. The maximum Gasteiger partial charge on any atom is 0.388 e. The van der Waals surface area contributed by atoms with Crippen LogP contribution in [0.25, 0.3) is 11.1 Å². The Labute approximate surface area is 165 Å². The number of hydrogen-bond acceptors (Lipinski definition) is 4. The lowest BCUT2D eigenvalue weighted by Crippen LogP contribution is -2.19. The van der Waals surface area contributed by atoms with Crippen LogP contribution in [0.15, 0.2) is 54.9 Å². The molecule has 144 valence electrons. The van der Waals surface area contributed by atoms with Crippen molar-refractivity contribution in [3.8, 4) is 17.0 Å². The molecule has 3 aromatic rings. The van der Waals surface area contributed by atoms with E-state index in [2.05, 4.69) is 20.0 Å². The number of carbonyl (C=O) groups excluding carboxylic acids is 1. The Balaban J connectivity index is 1.92. The standard InChI is InChI=1S/C20H16ClF2N3O2/c1-24-18(27)17-6-5-12(10-25-17)7-13-8-16(14-3-2-4-15(21)9-14)19(26-11-13)28-20(22)23/h2-6,8-11,20H,7H2,1H3,(H,24,27). The Hall–Kier alpha value is -3.06. The van der Waals surface area contributed by atoms with Crippen molar-refractivity contribution in [3.63, 3.8) is 0 Å². The summed E-state index contributed by atoms with van der Waals surface area (Å²) in [7, 11) is 1.53. The highest BCUT2D eigenvalue weighted by atomic mass is 35.5. The van der Waals surface area contributed by atoms with Gasteiger partial charge in [-0.25, -0.2) is 4.98 Å². The van der Waals surface area contributed by atoms with E-state index in [1.165, 1.54) is 13.2 Å². The third-order valence-electron chi connectivity index (χ3n) is 3.94. The molecule has 1 amide bonds. The number of aromatic nitrogens is 2. The molecule has 0 saturated heterocycles.